The Morgan fingerprint density at radius 1 is 0.846 bits per heavy atom. The minimum Gasteiger partial charge on any atom is -0.487 e. The van der Waals surface area contributed by atoms with Gasteiger partial charge in [0, 0.05) is 16.9 Å². The van der Waals surface area contributed by atoms with Gasteiger partial charge in [0.25, 0.3) is 0 Å². The Hall–Kier alpha value is -3.93. The Labute approximate surface area is 224 Å². The van der Waals surface area contributed by atoms with Crippen LogP contribution in [0.1, 0.15) is 36.8 Å². The molecule has 0 bridgehead atoms. The van der Waals surface area contributed by atoms with Gasteiger partial charge in [-0.2, -0.15) is 5.26 Å². The van der Waals surface area contributed by atoms with Crippen molar-refractivity contribution in [2.75, 3.05) is 19.8 Å². The van der Waals surface area contributed by atoms with Crippen LogP contribution in [0.25, 0.3) is 21.9 Å². The number of nitrogens with zero attached hydrogens (tertiary/aromatic N) is 1. The lowest BCUT2D eigenvalue weighted by atomic mass is 10.0. The van der Waals surface area contributed by atoms with Crippen molar-refractivity contribution in [3.8, 4) is 22.9 Å². The van der Waals surface area contributed by atoms with Crippen molar-refractivity contribution in [3.63, 3.8) is 0 Å². The smallest absolute Gasteiger partial charge is 0.190 e. The highest BCUT2D eigenvalue weighted by atomic mass is 19.1. The molecule has 0 amide bonds. The third-order valence-corrected chi connectivity index (χ3v) is 6.25. The molecule has 202 valence electrons. The van der Waals surface area contributed by atoms with E-state index in [1.165, 1.54) is 30.3 Å². The number of hydrogen-bond donors (Lipinski definition) is 0. The molecule has 0 unspecified atom stereocenters. The van der Waals surface area contributed by atoms with Crippen LogP contribution in [0.2, 0.25) is 0 Å². The molecule has 4 nitrogen and oxygen atoms in total. The first-order valence-electron chi connectivity index (χ1n) is 12.6. The van der Waals surface area contributed by atoms with Gasteiger partial charge >= 0.3 is 0 Å². The van der Waals surface area contributed by atoms with Crippen molar-refractivity contribution in [2.24, 2.45) is 5.92 Å². The summed E-state index contributed by atoms with van der Waals surface area (Å²) in [6.45, 7) is 6.27. The molecular formula is C31H27F4NO3. The van der Waals surface area contributed by atoms with E-state index in [9.17, 15) is 17.6 Å². The van der Waals surface area contributed by atoms with Crippen LogP contribution in [0.3, 0.4) is 0 Å². The summed E-state index contributed by atoms with van der Waals surface area (Å²) in [5.41, 5.74) is 2.06. The predicted octanol–water partition coefficient (Wildman–Crippen LogP) is 8.01. The summed E-state index contributed by atoms with van der Waals surface area (Å²) >= 11 is 0. The highest BCUT2D eigenvalue weighted by molar-refractivity contribution is 5.85. The van der Waals surface area contributed by atoms with Crippen molar-refractivity contribution in [3.05, 3.63) is 101 Å². The van der Waals surface area contributed by atoms with E-state index in [0.717, 1.165) is 11.6 Å². The number of ether oxygens (including phenoxy) is 3. The third kappa shape index (κ3) is 6.06. The predicted molar refractivity (Wildman–Crippen MR) is 140 cm³/mol. The fourth-order valence-electron chi connectivity index (χ4n) is 4.24. The van der Waals surface area contributed by atoms with Crippen molar-refractivity contribution in [1.82, 2.24) is 0 Å². The number of hydrogen-bond acceptors (Lipinski definition) is 4. The third-order valence-electron chi connectivity index (χ3n) is 6.25. The van der Waals surface area contributed by atoms with Gasteiger partial charge in [0.15, 0.2) is 29.5 Å². The number of benzene rings is 4. The van der Waals surface area contributed by atoms with Crippen LogP contribution in [-0.4, -0.2) is 19.8 Å². The van der Waals surface area contributed by atoms with Crippen molar-refractivity contribution in [1.29, 1.82) is 5.26 Å². The van der Waals surface area contributed by atoms with E-state index in [0.29, 0.717) is 16.7 Å². The Bertz CT molecular complexity index is 1480. The quantitative estimate of drug-likeness (QED) is 0.242. The summed E-state index contributed by atoms with van der Waals surface area (Å²) in [4.78, 5) is 0. The number of nitriles is 1. The minimum atomic E-state index is -0.946. The Morgan fingerprint density at radius 3 is 2.10 bits per heavy atom. The normalized spacial score (nSPS) is 16.8. The fraction of sp³-hybridized carbons (Fsp3) is 0.258. The Kier molecular flexibility index (Phi) is 8.85. The second-order valence-electron chi connectivity index (χ2n) is 8.95. The van der Waals surface area contributed by atoms with Crippen molar-refractivity contribution >= 4 is 10.8 Å². The summed E-state index contributed by atoms with van der Waals surface area (Å²) < 4.78 is 74.6. The van der Waals surface area contributed by atoms with E-state index in [4.69, 9.17) is 19.5 Å². The lowest BCUT2D eigenvalue weighted by Gasteiger charge is -2.29. The molecule has 0 aromatic heterocycles. The molecular weight excluding hydrogens is 510 g/mol. The number of aryl methyl sites for hydroxylation is 1. The number of halogens is 4. The van der Waals surface area contributed by atoms with Gasteiger partial charge in [-0.05, 0) is 47.7 Å². The largest absolute Gasteiger partial charge is 0.487 e. The van der Waals surface area contributed by atoms with E-state index >= 15 is 0 Å². The van der Waals surface area contributed by atoms with Crippen LogP contribution in [-0.2, 0) is 9.47 Å². The van der Waals surface area contributed by atoms with E-state index in [1.807, 2.05) is 32.9 Å². The zero-order valence-corrected chi connectivity index (χ0v) is 21.7. The van der Waals surface area contributed by atoms with E-state index < -0.39 is 40.9 Å². The molecule has 0 saturated carbocycles. The first-order chi connectivity index (χ1) is 18.8. The molecule has 0 N–H and O–H groups in total. The van der Waals surface area contributed by atoms with E-state index in [1.54, 1.807) is 18.2 Å². The lowest BCUT2D eigenvalue weighted by molar-refractivity contribution is -0.208. The van der Waals surface area contributed by atoms with Gasteiger partial charge < -0.3 is 14.2 Å². The molecule has 5 rings (SSSR count). The van der Waals surface area contributed by atoms with Crippen LogP contribution in [0.5, 0.6) is 5.75 Å². The average Bonchev–Trinajstić information content (AvgIpc) is 2.94. The van der Waals surface area contributed by atoms with Crippen molar-refractivity contribution < 1.29 is 31.8 Å². The van der Waals surface area contributed by atoms with Crippen LogP contribution >= 0.6 is 0 Å². The lowest BCUT2D eigenvalue weighted by Crippen LogP contribution is -2.31. The molecule has 1 aliphatic heterocycles. The number of fused-ring (bicyclic) bond motifs is 1. The Morgan fingerprint density at radius 2 is 1.49 bits per heavy atom. The van der Waals surface area contributed by atoms with Crippen LogP contribution in [0.4, 0.5) is 17.6 Å². The summed E-state index contributed by atoms with van der Waals surface area (Å²) in [5.74, 6) is -4.23. The zero-order valence-electron chi connectivity index (χ0n) is 21.7. The average molecular weight is 538 g/mol. The van der Waals surface area contributed by atoms with Crippen LogP contribution < -0.4 is 4.74 Å². The SMILES string of the molecule is CC.Cc1ccc(-c2cc(F)c(OCC3COC(c4ccc5c(F)c(C#N)c(F)cc5c4)OC3)c(F)c2)cc1. The molecule has 0 atom stereocenters. The van der Waals surface area contributed by atoms with Gasteiger partial charge in [0.05, 0.1) is 19.8 Å². The Balaban J connectivity index is 0.00000172. The second kappa shape index (κ2) is 12.3. The maximum atomic E-state index is 14.6. The summed E-state index contributed by atoms with van der Waals surface area (Å²) in [6, 6.07) is 16.9. The maximum Gasteiger partial charge on any atom is 0.190 e. The molecule has 1 fully saturated rings. The second-order valence-corrected chi connectivity index (χ2v) is 8.95. The van der Waals surface area contributed by atoms with Gasteiger partial charge in [-0.15, -0.1) is 0 Å². The first-order valence-corrected chi connectivity index (χ1v) is 12.6. The molecule has 0 radical (unpaired) electrons. The molecule has 4 aromatic rings. The summed E-state index contributed by atoms with van der Waals surface area (Å²) in [6.07, 6.45) is -0.787. The van der Waals surface area contributed by atoms with Gasteiger partial charge in [0.1, 0.15) is 17.4 Å². The molecule has 39 heavy (non-hydrogen) atoms. The first kappa shape index (κ1) is 28.1. The summed E-state index contributed by atoms with van der Waals surface area (Å²) in [5, 5.41) is 9.31. The molecule has 1 aliphatic rings. The maximum absolute atomic E-state index is 14.6. The molecule has 8 heteroatoms. The molecule has 0 aliphatic carbocycles. The van der Waals surface area contributed by atoms with Gasteiger partial charge in [-0.1, -0.05) is 55.8 Å². The minimum absolute atomic E-state index is 0.0322. The highest BCUT2D eigenvalue weighted by Crippen LogP contribution is 2.32. The zero-order chi connectivity index (χ0) is 28.1. The monoisotopic (exact) mass is 537 g/mol. The van der Waals surface area contributed by atoms with Crippen LogP contribution in [0, 0.1) is 47.4 Å². The summed E-state index contributed by atoms with van der Waals surface area (Å²) in [7, 11) is 0. The molecule has 4 aromatic carbocycles. The molecule has 0 spiro atoms. The number of rotatable bonds is 5. The van der Waals surface area contributed by atoms with E-state index in [2.05, 4.69) is 0 Å². The molecule has 1 heterocycles. The highest BCUT2D eigenvalue weighted by Gasteiger charge is 2.26. The topological polar surface area (TPSA) is 51.5 Å². The fourth-order valence-corrected chi connectivity index (χ4v) is 4.24. The van der Waals surface area contributed by atoms with Gasteiger partial charge in [0.2, 0.25) is 0 Å². The molecule has 1 saturated heterocycles. The van der Waals surface area contributed by atoms with Gasteiger partial charge in [-0.3, -0.25) is 0 Å². The van der Waals surface area contributed by atoms with Crippen LogP contribution in [0.15, 0.2) is 60.7 Å². The standard InChI is InChI=1S/C29H21F4NO3.C2H6/c1-16-2-4-18(5-3-16)20-9-25(31)28(26(32)10-20)35-13-17-14-36-29(37-15-17)19-6-7-22-21(8-19)11-24(30)23(12-34)27(22)33;1-2/h2-11,17,29H,13-15H2,1H3;1-2H3. The van der Waals surface area contributed by atoms with Crippen molar-refractivity contribution in [2.45, 2.75) is 27.1 Å². The van der Waals surface area contributed by atoms with E-state index in [-0.39, 0.29) is 36.5 Å². The van der Waals surface area contributed by atoms with Gasteiger partial charge in [-0.25, -0.2) is 17.6 Å².